The second kappa shape index (κ2) is 5.83. The van der Waals surface area contributed by atoms with Crippen LogP contribution in [0.3, 0.4) is 0 Å². The van der Waals surface area contributed by atoms with E-state index < -0.39 is 17.2 Å². The molecule has 1 saturated heterocycles. The van der Waals surface area contributed by atoms with Gasteiger partial charge in [-0.25, -0.2) is 4.79 Å². The molecule has 0 aromatic heterocycles. The van der Waals surface area contributed by atoms with Gasteiger partial charge in [-0.1, -0.05) is 0 Å². The Bertz CT molecular complexity index is 403. The maximum absolute atomic E-state index is 11.9. The Balaban J connectivity index is 1.81. The molecule has 0 unspecified atom stereocenters. The summed E-state index contributed by atoms with van der Waals surface area (Å²) in [7, 11) is 0. The summed E-state index contributed by atoms with van der Waals surface area (Å²) in [5.74, 6) is -1.11. The van der Waals surface area contributed by atoms with Crippen LogP contribution in [0, 0.1) is 0 Å². The van der Waals surface area contributed by atoms with Crippen LogP contribution in [0.1, 0.15) is 52.9 Å². The lowest BCUT2D eigenvalue weighted by atomic mass is 9.79. The average Bonchev–Trinajstić information content (AvgIpc) is 2.32. The van der Waals surface area contributed by atoms with Crippen molar-refractivity contribution in [3.8, 4) is 0 Å². The minimum absolute atomic E-state index is 0.123. The summed E-state index contributed by atoms with van der Waals surface area (Å²) in [5.41, 5.74) is -1.59. The van der Waals surface area contributed by atoms with Crippen molar-refractivity contribution in [2.24, 2.45) is 0 Å². The normalized spacial score (nSPS) is 22.5. The van der Waals surface area contributed by atoms with E-state index in [4.69, 9.17) is 9.47 Å². The summed E-state index contributed by atoms with van der Waals surface area (Å²) in [5, 5.41) is 11.2. The number of ether oxygens (including phenoxy) is 2. The van der Waals surface area contributed by atoms with Gasteiger partial charge in [-0.2, -0.15) is 0 Å². The average molecular weight is 298 g/mol. The third-order valence-electron chi connectivity index (χ3n) is 4.02. The first-order valence-electron chi connectivity index (χ1n) is 7.59. The molecule has 0 radical (unpaired) electrons. The van der Waals surface area contributed by atoms with Gasteiger partial charge in [0, 0.05) is 13.1 Å². The molecule has 0 spiro atoms. The number of likely N-dealkylation sites (tertiary alicyclic amines) is 1. The van der Waals surface area contributed by atoms with Crippen LogP contribution in [-0.4, -0.2) is 47.4 Å². The van der Waals surface area contributed by atoms with Crippen LogP contribution in [0.25, 0.3) is 0 Å². The molecule has 6 nitrogen and oxygen atoms in total. The highest BCUT2D eigenvalue weighted by Gasteiger charge is 2.42. The van der Waals surface area contributed by atoms with Crippen molar-refractivity contribution in [3.05, 3.63) is 0 Å². The summed E-state index contributed by atoms with van der Waals surface area (Å²) in [6.45, 7) is 6.56. The van der Waals surface area contributed by atoms with E-state index in [-0.39, 0.29) is 12.2 Å². The van der Waals surface area contributed by atoms with Crippen LogP contribution in [0.2, 0.25) is 0 Å². The van der Waals surface area contributed by atoms with E-state index in [0.29, 0.717) is 38.8 Å². The Morgan fingerprint density at radius 2 is 1.76 bits per heavy atom. The Kier molecular flexibility index (Phi) is 4.46. The van der Waals surface area contributed by atoms with Gasteiger partial charge < -0.3 is 24.3 Å². The van der Waals surface area contributed by atoms with E-state index in [9.17, 15) is 14.7 Å². The molecule has 0 N–H and O–H groups in total. The van der Waals surface area contributed by atoms with Gasteiger partial charge in [-0.15, -0.1) is 0 Å². The first-order valence-corrected chi connectivity index (χ1v) is 7.59. The van der Waals surface area contributed by atoms with Crippen LogP contribution in [0.5, 0.6) is 0 Å². The summed E-state index contributed by atoms with van der Waals surface area (Å²) < 4.78 is 11.1. The third-order valence-corrected chi connectivity index (χ3v) is 4.02. The lowest BCUT2D eigenvalue weighted by Gasteiger charge is -2.46. The standard InChI is InChI=1S/C15H25NO5/c1-14(2,3)21-13(19)16-9-5-11(6-10-16)20-15(12(17)18)7-4-8-15/h11H,4-10H2,1-3H3,(H,17,18)/p-1. The molecule has 0 bridgehead atoms. The number of hydrogen-bond acceptors (Lipinski definition) is 5. The Morgan fingerprint density at radius 3 is 2.14 bits per heavy atom. The SMILES string of the molecule is CC(C)(C)OC(=O)N1CCC(OC2(C(=O)[O-])CCC2)CC1. The van der Waals surface area contributed by atoms with Crippen molar-refractivity contribution in [2.45, 2.75) is 70.2 Å². The van der Waals surface area contributed by atoms with Crippen molar-refractivity contribution in [3.63, 3.8) is 0 Å². The summed E-state index contributed by atoms with van der Waals surface area (Å²) in [6, 6.07) is 0. The number of nitrogens with zero attached hydrogens (tertiary/aromatic N) is 1. The van der Waals surface area contributed by atoms with E-state index in [1.807, 2.05) is 20.8 Å². The van der Waals surface area contributed by atoms with Gasteiger partial charge in [0.15, 0.2) is 0 Å². The fourth-order valence-electron chi connectivity index (χ4n) is 2.67. The number of carboxylic acid groups (broad SMARTS) is 1. The first kappa shape index (κ1) is 16.1. The predicted octanol–water partition coefficient (Wildman–Crippen LogP) is 1.08. The third kappa shape index (κ3) is 3.87. The minimum Gasteiger partial charge on any atom is -0.547 e. The van der Waals surface area contributed by atoms with Crippen molar-refractivity contribution in [1.82, 2.24) is 4.90 Å². The molecule has 2 aliphatic rings. The molecule has 0 aromatic rings. The number of amides is 1. The zero-order valence-corrected chi connectivity index (χ0v) is 13.0. The number of hydrogen-bond donors (Lipinski definition) is 0. The number of rotatable bonds is 3. The number of carboxylic acids is 1. The molecule has 1 amide bonds. The molecule has 1 saturated carbocycles. The Labute approximate surface area is 125 Å². The molecule has 2 rings (SSSR count). The van der Waals surface area contributed by atoms with E-state index in [0.717, 1.165) is 6.42 Å². The highest BCUT2D eigenvalue weighted by molar-refractivity contribution is 5.76. The van der Waals surface area contributed by atoms with Gasteiger partial charge in [0.05, 0.1) is 12.1 Å². The molecular weight excluding hydrogens is 274 g/mol. The lowest BCUT2D eigenvalue weighted by molar-refractivity contribution is -0.337. The molecule has 0 aromatic carbocycles. The first-order chi connectivity index (χ1) is 9.72. The molecule has 1 heterocycles. The monoisotopic (exact) mass is 298 g/mol. The predicted molar refractivity (Wildman–Crippen MR) is 73.5 cm³/mol. The topological polar surface area (TPSA) is 78.9 Å². The zero-order valence-electron chi connectivity index (χ0n) is 13.0. The molecule has 120 valence electrons. The second-order valence-corrected chi connectivity index (χ2v) is 6.92. The maximum Gasteiger partial charge on any atom is 0.410 e. The highest BCUT2D eigenvalue weighted by atomic mass is 16.6. The van der Waals surface area contributed by atoms with E-state index in [2.05, 4.69) is 0 Å². The molecule has 2 fully saturated rings. The lowest BCUT2D eigenvalue weighted by Crippen LogP contribution is -2.57. The Morgan fingerprint density at radius 1 is 1.19 bits per heavy atom. The summed E-state index contributed by atoms with van der Waals surface area (Å²) in [6.07, 6.45) is 2.75. The van der Waals surface area contributed by atoms with Crippen LogP contribution in [0.4, 0.5) is 4.79 Å². The fourth-order valence-corrected chi connectivity index (χ4v) is 2.67. The van der Waals surface area contributed by atoms with Crippen LogP contribution < -0.4 is 5.11 Å². The van der Waals surface area contributed by atoms with Gasteiger partial charge >= 0.3 is 6.09 Å². The number of piperidine rings is 1. The summed E-state index contributed by atoms with van der Waals surface area (Å²) in [4.78, 5) is 24.8. The fraction of sp³-hybridized carbons (Fsp3) is 0.867. The number of carbonyl (C=O) groups is 2. The van der Waals surface area contributed by atoms with Gasteiger partial charge in [0.2, 0.25) is 0 Å². The zero-order chi connectivity index (χ0) is 15.7. The van der Waals surface area contributed by atoms with E-state index >= 15 is 0 Å². The molecular formula is C15H24NO5-. The Hall–Kier alpha value is -1.30. The van der Waals surface area contributed by atoms with Crippen molar-refractivity contribution in [1.29, 1.82) is 0 Å². The van der Waals surface area contributed by atoms with E-state index in [1.54, 1.807) is 4.90 Å². The minimum atomic E-state index is -1.11. The summed E-state index contributed by atoms with van der Waals surface area (Å²) >= 11 is 0. The molecule has 0 atom stereocenters. The largest absolute Gasteiger partial charge is 0.547 e. The van der Waals surface area contributed by atoms with Gasteiger partial charge in [-0.05, 0) is 52.9 Å². The quantitative estimate of drug-likeness (QED) is 0.779. The van der Waals surface area contributed by atoms with Gasteiger partial charge in [0.25, 0.3) is 0 Å². The van der Waals surface area contributed by atoms with Crippen molar-refractivity contribution < 1.29 is 24.2 Å². The van der Waals surface area contributed by atoms with Crippen molar-refractivity contribution >= 4 is 12.1 Å². The van der Waals surface area contributed by atoms with Crippen LogP contribution in [0.15, 0.2) is 0 Å². The van der Waals surface area contributed by atoms with Crippen LogP contribution in [-0.2, 0) is 14.3 Å². The number of aliphatic carboxylic acids is 1. The maximum atomic E-state index is 11.9. The smallest absolute Gasteiger partial charge is 0.410 e. The highest BCUT2D eigenvalue weighted by Crippen LogP contribution is 2.37. The van der Waals surface area contributed by atoms with Crippen LogP contribution >= 0.6 is 0 Å². The molecule has 6 heteroatoms. The molecule has 21 heavy (non-hydrogen) atoms. The molecule has 1 aliphatic heterocycles. The second-order valence-electron chi connectivity index (χ2n) is 6.92. The van der Waals surface area contributed by atoms with Crippen molar-refractivity contribution in [2.75, 3.05) is 13.1 Å². The van der Waals surface area contributed by atoms with Gasteiger partial charge in [0.1, 0.15) is 11.2 Å². The number of carbonyl (C=O) groups excluding carboxylic acids is 2. The van der Waals surface area contributed by atoms with Gasteiger partial charge in [-0.3, -0.25) is 0 Å². The van der Waals surface area contributed by atoms with E-state index in [1.165, 1.54) is 0 Å². The molecule has 1 aliphatic carbocycles.